The Morgan fingerprint density at radius 3 is 2.43 bits per heavy atom. The van der Waals surface area contributed by atoms with Crippen molar-refractivity contribution in [3.63, 3.8) is 0 Å². The molecule has 2 heterocycles. The minimum atomic E-state index is -0.112. The van der Waals surface area contributed by atoms with Crippen molar-refractivity contribution in [1.82, 2.24) is 0 Å². The molecule has 0 aliphatic carbocycles. The van der Waals surface area contributed by atoms with Crippen molar-refractivity contribution >= 4 is 23.2 Å². The van der Waals surface area contributed by atoms with Crippen LogP contribution in [0.3, 0.4) is 0 Å². The Morgan fingerprint density at radius 2 is 1.82 bits per heavy atom. The smallest absolute Gasteiger partial charge is 0.258 e. The molecule has 1 aliphatic rings. The van der Waals surface area contributed by atoms with Crippen molar-refractivity contribution in [3.8, 4) is 0 Å². The zero-order chi connectivity index (χ0) is 19.5. The maximum absolute atomic E-state index is 13.3. The number of anilines is 2. The average Bonchev–Trinajstić information content (AvgIpc) is 3.38. The largest absolute Gasteiger partial charge is 0.467 e. The molecule has 1 aliphatic heterocycles. The van der Waals surface area contributed by atoms with Gasteiger partial charge in [0, 0.05) is 29.9 Å². The third kappa shape index (κ3) is 3.69. The van der Waals surface area contributed by atoms with Gasteiger partial charge in [-0.1, -0.05) is 17.7 Å². The summed E-state index contributed by atoms with van der Waals surface area (Å²) in [4.78, 5) is 28.7. The van der Waals surface area contributed by atoms with Crippen LogP contribution in [-0.4, -0.2) is 18.4 Å². The molecule has 2 aromatic carbocycles. The molecule has 2 amide bonds. The van der Waals surface area contributed by atoms with Crippen molar-refractivity contribution in [3.05, 3.63) is 83.8 Å². The van der Waals surface area contributed by atoms with Gasteiger partial charge in [0.05, 0.1) is 12.8 Å². The van der Waals surface area contributed by atoms with Gasteiger partial charge in [-0.15, -0.1) is 0 Å². The topological polar surface area (TPSA) is 53.8 Å². The second-order valence-electron chi connectivity index (χ2n) is 7.00. The van der Waals surface area contributed by atoms with Gasteiger partial charge in [-0.2, -0.15) is 0 Å². The second kappa shape index (κ2) is 7.72. The van der Waals surface area contributed by atoms with E-state index in [2.05, 4.69) is 0 Å². The van der Waals surface area contributed by atoms with Gasteiger partial charge in [0.1, 0.15) is 5.76 Å². The van der Waals surface area contributed by atoms with Crippen molar-refractivity contribution in [2.45, 2.75) is 26.3 Å². The lowest BCUT2D eigenvalue weighted by Crippen LogP contribution is -2.30. The van der Waals surface area contributed by atoms with Crippen LogP contribution in [0.5, 0.6) is 0 Å². The number of hydrogen-bond donors (Lipinski definition) is 0. The summed E-state index contributed by atoms with van der Waals surface area (Å²) in [5, 5.41) is 0. The summed E-state index contributed by atoms with van der Waals surface area (Å²) in [5.41, 5.74) is 3.36. The highest BCUT2D eigenvalue weighted by Gasteiger charge is 2.23. The molecule has 142 valence electrons. The highest BCUT2D eigenvalue weighted by Crippen LogP contribution is 2.24. The molecular formula is C23H22N2O3. The number of furan rings is 1. The standard InChI is InChI=1S/C23H22N2O3/c1-17-6-10-20(11-7-17)25(16-21-4-3-15-28-21)23(27)18-8-12-19(13-9-18)24-14-2-5-22(24)26/h3-4,6-13,15H,2,5,14,16H2,1H3. The number of carbonyl (C=O) groups is 2. The highest BCUT2D eigenvalue weighted by atomic mass is 16.3. The number of amides is 2. The van der Waals surface area contributed by atoms with Gasteiger partial charge in [-0.3, -0.25) is 9.59 Å². The molecule has 4 rings (SSSR count). The van der Waals surface area contributed by atoms with E-state index in [4.69, 9.17) is 4.42 Å². The minimum Gasteiger partial charge on any atom is -0.467 e. The lowest BCUT2D eigenvalue weighted by atomic mass is 10.1. The molecule has 0 spiro atoms. The molecule has 0 N–H and O–H groups in total. The van der Waals surface area contributed by atoms with Gasteiger partial charge in [-0.05, 0) is 61.9 Å². The monoisotopic (exact) mass is 374 g/mol. The van der Waals surface area contributed by atoms with E-state index >= 15 is 0 Å². The van der Waals surface area contributed by atoms with Gasteiger partial charge in [0.2, 0.25) is 5.91 Å². The summed E-state index contributed by atoms with van der Waals surface area (Å²) in [6.07, 6.45) is 3.07. The molecule has 5 heteroatoms. The van der Waals surface area contributed by atoms with Crippen molar-refractivity contribution < 1.29 is 14.0 Å². The van der Waals surface area contributed by atoms with Gasteiger partial charge < -0.3 is 14.2 Å². The molecule has 1 aromatic heterocycles. The third-order valence-corrected chi connectivity index (χ3v) is 4.98. The number of carbonyl (C=O) groups excluding carboxylic acids is 2. The third-order valence-electron chi connectivity index (χ3n) is 4.98. The molecule has 0 radical (unpaired) electrons. The van der Waals surface area contributed by atoms with E-state index in [9.17, 15) is 9.59 Å². The maximum atomic E-state index is 13.3. The Labute approximate surface area is 164 Å². The van der Waals surface area contributed by atoms with Crippen molar-refractivity contribution in [2.24, 2.45) is 0 Å². The van der Waals surface area contributed by atoms with Crippen molar-refractivity contribution in [1.29, 1.82) is 0 Å². The van der Waals surface area contributed by atoms with Gasteiger partial charge in [0.15, 0.2) is 0 Å². The Bertz CT molecular complexity index is 960. The molecule has 0 atom stereocenters. The zero-order valence-corrected chi connectivity index (χ0v) is 15.8. The molecular weight excluding hydrogens is 352 g/mol. The fourth-order valence-electron chi connectivity index (χ4n) is 3.42. The number of rotatable bonds is 5. The van der Waals surface area contributed by atoms with Crippen LogP contribution in [0.1, 0.15) is 34.5 Å². The van der Waals surface area contributed by atoms with Crippen LogP contribution in [-0.2, 0) is 11.3 Å². The first kappa shape index (κ1) is 18.0. The molecule has 1 fully saturated rings. The zero-order valence-electron chi connectivity index (χ0n) is 15.8. The van der Waals surface area contributed by atoms with E-state index in [-0.39, 0.29) is 11.8 Å². The number of nitrogens with zero attached hydrogens (tertiary/aromatic N) is 2. The molecule has 3 aromatic rings. The van der Waals surface area contributed by atoms with Crippen LogP contribution < -0.4 is 9.80 Å². The quantitative estimate of drug-likeness (QED) is 0.658. The lowest BCUT2D eigenvalue weighted by Gasteiger charge is -2.23. The normalized spacial score (nSPS) is 13.8. The first-order chi connectivity index (χ1) is 13.6. The van der Waals surface area contributed by atoms with E-state index in [0.29, 0.717) is 24.3 Å². The summed E-state index contributed by atoms with van der Waals surface area (Å²) in [6, 6.07) is 18.8. The van der Waals surface area contributed by atoms with Gasteiger partial charge in [-0.25, -0.2) is 0 Å². The molecule has 5 nitrogen and oxygen atoms in total. The Balaban J connectivity index is 1.61. The molecule has 1 saturated heterocycles. The summed E-state index contributed by atoms with van der Waals surface area (Å²) in [7, 11) is 0. The first-order valence-electron chi connectivity index (χ1n) is 9.43. The van der Waals surface area contributed by atoms with E-state index < -0.39 is 0 Å². The summed E-state index contributed by atoms with van der Waals surface area (Å²) < 4.78 is 5.46. The van der Waals surface area contributed by atoms with Crippen LogP contribution in [0.15, 0.2) is 71.3 Å². The molecule has 0 saturated carbocycles. The molecule has 0 bridgehead atoms. The predicted molar refractivity (Wildman–Crippen MR) is 108 cm³/mol. The summed E-state index contributed by atoms with van der Waals surface area (Å²) in [5.74, 6) is 0.742. The average molecular weight is 374 g/mol. The summed E-state index contributed by atoms with van der Waals surface area (Å²) >= 11 is 0. The number of benzene rings is 2. The first-order valence-corrected chi connectivity index (χ1v) is 9.43. The second-order valence-corrected chi connectivity index (χ2v) is 7.00. The fourth-order valence-corrected chi connectivity index (χ4v) is 3.42. The SMILES string of the molecule is Cc1ccc(N(Cc2ccco2)C(=O)c2ccc(N3CCCC3=O)cc2)cc1. The van der Waals surface area contributed by atoms with Gasteiger partial charge >= 0.3 is 0 Å². The Hall–Kier alpha value is -3.34. The molecule has 0 unspecified atom stereocenters. The van der Waals surface area contributed by atoms with Crippen LogP contribution in [0.25, 0.3) is 0 Å². The fraction of sp³-hybridized carbons (Fsp3) is 0.217. The lowest BCUT2D eigenvalue weighted by molar-refractivity contribution is -0.117. The highest BCUT2D eigenvalue weighted by molar-refractivity contribution is 6.06. The van der Waals surface area contributed by atoms with E-state index in [1.54, 1.807) is 28.2 Å². The predicted octanol–water partition coefficient (Wildman–Crippen LogP) is 4.56. The van der Waals surface area contributed by atoms with Crippen molar-refractivity contribution in [2.75, 3.05) is 16.3 Å². The molecule has 28 heavy (non-hydrogen) atoms. The van der Waals surface area contributed by atoms with E-state index in [1.807, 2.05) is 55.5 Å². The Kier molecular flexibility index (Phi) is 4.98. The number of aryl methyl sites for hydroxylation is 1. The van der Waals surface area contributed by atoms with Crippen LogP contribution in [0, 0.1) is 6.92 Å². The van der Waals surface area contributed by atoms with Gasteiger partial charge in [0.25, 0.3) is 5.91 Å². The Morgan fingerprint density at radius 1 is 1.07 bits per heavy atom. The van der Waals surface area contributed by atoms with Crippen LogP contribution in [0.2, 0.25) is 0 Å². The van der Waals surface area contributed by atoms with Crippen LogP contribution in [0.4, 0.5) is 11.4 Å². The van der Waals surface area contributed by atoms with E-state index in [1.165, 1.54) is 0 Å². The van der Waals surface area contributed by atoms with Crippen LogP contribution >= 0.6 is 0 Å². The number of hydrogen-bond acceptors (Lipinski definition) is 3. The maximum Gasteiger partial charge on any atom is 0.258 e. The van der Waals surface area contributed by atoms with E-state index in [0.717, 1.165) is 29.9 Å². The summed E-state index contributed by atoms with van der Waals surface area (Å²) in [6.45, 7) is 3.10. The minimum absolute atomic E-state index is 0.112.